The molecule has 0 aliphatic rings. The van der Waals surface area contributed by atoms with E-state index in [0.717, 1.165) is 30.3 Å². The van der Waals surface area contributed by atoms with Gasteiger partial charge in [0, 0.05) is 6.42 Å². The van der Waals surface area contributed by atoms with E-state index in [1.807, 2.05) is 0 Å². The van der Waals surface area contributed by atoms with Crippen molar-refractivity contribution in [1.29, 1.82) is 0 Å². The van der Waals surface area contributed by atoms with Crippen molar-refractivity contribution in [3.05, 3.63) is 48.6 Å². The smallest absolute Gasteiger partial charge is 0.306 e. The summed E-state index contributed by atoms with van der Waals surface area (Å²) in [7, 11) is 6.55. The van der Waals surface area contributed by atoms with Crippen molar-refractivity contribution in [2.45, 2.75) is 194 Å². The average Bonchev–Trinajstić information content (AvgIpc) is 3.05. The third-order valence-electron chi connectivity index (χ3n) is 9.32. The van der Waals surface area contributed by atoms with E-state index >= 15 is 0 Å². The van der Waals surface area contributed by atoms with E-state index in [1.54, 1.807) is 0 Å². The number of nitrogens with zero attached hydrogens (tertiary/aromatic N) is 1. The van der Waals surface area contributed by atoms with Gasteiger partial charge in [-0.1, -0.05) is 152 Å². The molecule has 0 bridgehead atoms. The number of ether oxygens (including phenoxy) is 1. The molecule has 3 nitrogen and oxygen atoms in total. The van der Waals surface area contributed by atoms with Crippen LogP contribution >= 0.6 is 0 Å². The minimum Gasteiger partial charge on any atom is -0.465 e. The van der Waals surface area contributed by atoms with Crippen LogP contribution in [0.3, 0.4) is 0 Å². The first-order valence-electron chi connectivity index (χ1n) is 20.9. The van der Waals surface area contributed by atoms with E-state index in [9.17, 15) is 4.79 Å². The maximum Gasteiger partial charge on any atom is 0.306 e. The maximum absolute atomic E-state index is 12.4. The minimum absolute atomic E-state index is 0.00235. The molecule has 0 radical (unpaired) electrons. The molecule has 280 valence electrons. The van der Waals surface area contributed by atoms with E-state index in [-0.39, 0.29) is 5.97 Å². The Kier molecular flexibility index (Phi) is 35.4. The second kappa shape index (κ2) is 36.7. The molecule has 0 amide bonds. The first-order valence-corrected chi connectivity index (χ1v) is 20.9. The molecule has 0 rings (SSSR count). The Morgan fingerprint density at radius 1 is 0.500 bits per heavy atom. The van der Waals surface area contributed by atoms with Gasteiger partial charge in [0.25, 0.3) is 0 Å². The van der Waals surface area contributed by atoms with Crippen LogP contribution in [0.1, 0.15) is 194 Å². The van der Waals surface area contributed by atoms with Crippen LogP contribution in [0.15, 0.2) is 48.6 Å². The van der Waals surface area contributed by atoms with Crippen LogP contribution in [0.4, 0.5) is 0 Å². The number of rotatable bonds is 36. The minimum atomic E-state index is 0.00235. The van der Waals surface area contributed by atoms with Crippen molar-refractivity contribution in [1.82, 2.24) is 0 Å². The molecule has 0 aliphatic heterocycles. The zero-order valence-electron chi connectivity index (χ0n) is 33.2. The zero-order valence-corrected chi connectivity index (χ0v) is 33.2. The predicted molar refractivity (Wildman–Crippen MR) is 215 cm³/mol. The fraction of sp³-hybridized carbons (Fsp3) is 0.800. The van der Waals surface area contributed by atoms with Gasteiger partial charge in [-0.2, -0.15) is 0 Å². The summed E-state index contributed by atoms with van der Waals surface area (Å²) in [6.45, 7) is 6.17. The lowest BCUT2D eigenvalue weighted by Crippen LogP contribution is -2.35. The Morgan fingerprint density at radius 3 is 1.27 bits per heavy atom. The predicted octanol–water partition coefficient (Wildman–Crippen LogP) is 14.0. The molecule has 0 saturated carbocycles. The number of allylic oxidation sites excluding steroid dienone is 8. The molecule has 0 saturated heterocycles. The summed E-state index contributed by atoms with van der Waals surface area (Å²) in [5.74, 6) is 0.534. The highest BCUT2D eigenvalue weighted by Crippen LogP contribution is 2.20. The summed E-state index contributed by atoms with van der Waals surface area (Å²) in [5, 5.41) is 0. The first-order chi connectivity index (χ1) is 23.4. The molecule has 48 heavy (non-hydrogen) atoms. The van der Waals surface area contributed by atoms with Crippen molar-refractivity contribution in [2.75, 3.05) is 34.3 Å². The van der Waals surface area contributed by atoms with E-state index in [4.69, 9.17) is 4.74 Å². The molecule has 0 atom stereocenters. The molecule has 0 heterocycles. The second-order valence-electron chi connectivity index (χ2n) is 15.4. The number of quaternary nitrogens is 1. The van der Waals surface area contributed by atoms with Crippen LogP contribution in [-0.2, 0) is 9.53 Å². The Balaban J connectivity index is 4.11. The molecule has 3 heteroatoms. The molecule has 0 aromatic carbocycles. The molecule has 0 N–H and O–H groups in total. The largest absolute Gasteiger partial charge is 0.465 e. The van der Waals surface area contributed by atoms with Gasteiger partial charge in [-0.15, -0.1) is 0 Å². The van der Waals surface area contributed by atoms with Crippen LogP contribution in [0.5, 0.6) is 0 Å². The Morgan fingerprint density at radius 2 is 0.875 bits per heavy atom. The van der Waals surface area contributed by atoms with E-state index in [2.05, 4.69) is 83.6 Å². The molecular formula is C45H84NO2+. The normalized spacial score (nSPS) is 12.6. The number of esters is 1. The van der Waals surface area contributed by atoms with Crippen LogP contribution in [0.2, 0.25) is 0 Å². The van der Waals surface area contributed by atoms with Crippen molar-refractivity contribution < 1.29 is 14.0 Å². The van der Waals surface area contributed by atoms with Gasteiger partial charge < -0.3 is 9.22 Å². The highest BCUT2D eigenvalue weighted by molar-refractivity contribution is 5.69. The third kappa shape index (κ3) is 38.8. The summed E-state index contributed by atoms with van der Waals surface area (Å²) in [4.78, 5) is 12.4. The van der Waals surface area contributed by atoms with Crippen LogP contribution in [0.25, 0.3) is 0 Å². The molecular weight excluding hydrogens is 587 g/mol. The molecule has 0 unspecified atom stereocenters. The van der Waals surface area contributed by atoms with Gasteiger partial charge in [0.15, 0.2) is 0 Å². The van der Waals surface area contributed by atoms with Gasteiger partial charge in [0.05, 0.1) is 40.7 Å². The molecule has 0 aromatic heterocycles. The van der Waals surface area contributed by atoms with E-state index < -0.39 is 0 Å². The second-order valence-corrected chi connectivity index (χ2v) is 15.4. The van der Waals surface area contributed by atoms with Crippen molar-refractivity contribution in [3.63, 3.8) is 0 Å². The molecule has 0 aliphatic carbocycles. The van der Waals surface area contributed by atoms with Gasteiger partial charge in [-0.05, 0) is 83.0 Å². The Labute approximate surface area is 301 Å². The summed E-state index contributed by atoms with van der Waals surface area (Å²) in [6, 6.07) is 0. The third-order valence-corrected chi connectivity index (χ3v) is 9.32. The number of hydrogen-bond acceptors (Lipinski definition) is 2. The highest BCUT2D eigenvalue weighted by Gasteiger charge is 2.14. The SMILES string of the molecule is CCCCC/C=C\C/C=C\CCCCCCCCC(CCCCCCCC/C=C\C/C=C\CCCCC)COC(=O)CCC[N+](C)(C)C. The number of hydrogen-bond donors (Lipinski definition) is 0. The standard InChI is InChI=1S/C45H84NO2/c1-6-8-10-12-14-16-18-20-22-24-26-28-30-32-34-36-39-44(43-48-45(47)41-38-42-46(3,4)5)40-37-35-33-31-29-27-25-23-21-19-17-15-13-11-9-7-2/h14-17,20-23,44H,6-13,18-19,24-43H2,1-5H3/q+1/b16-14-,17-15-,22-20-,23-21-. The van der Waals surface area contributed by atoms with Crippen LogP contribution < -0.4 is 0 Å². The molecule has 0 spiro atoms. The molecule has 0 fully saturated rings. The zero-order chi connectivity index (χ0) is 35.2. The van der Waals surface area contributed by atoms with Gasteiger partial charge in [-0.3, -0.25) is 4.79 Å². The summed E-state index contributed by atoms with van der Waals surface area (Å²) >= 11 is 0. The summed E-state index contributed by atoms with van der Waals surface area (Å²) in [6.07, 6.45) is 53.6. The fourth-order valence-electron chi connectivity index (χ4n) is 6.13. The summed E-state index contributed by atoms with van der Waals surface area (Å²) in [5.41, 5.74) is 0. The van der Waals surface area contributed by atoms with Crippen molar-refractivity contribution >= 4 is 5.97 Å². The lowest BCUT2D eigenvalue weighted by Gasteiger charge is -2.23. The highest BCUT2D eigenvalue weighted by atomic mass is 16.5. The Bertz CT molecular complexity index is 739. The average molecular weight is 671 g/mol. The fourth-order valence-corrected chi connectivity index (χ4v) is 6.13. The van der Waals surface area contributed by atoms with Crippen LogP contribution in [0, 0.1) is 5.92 Å². The van der Waals surface area contributed by atoms with E-state index in [0.29, 0.717) is 18.9 Å². The van der Waals surface area contributed by atoms with Gasteiger partial charge in [0.1, 0.15) is 0 Å². The van der Waals surface area contributed by atoms with E-state index in [1.165, 1.54) is 154 Å². The number of carbonyl (C=O) groups is 1. The molecule has 0 aromatic rings. The lowest BCUT2D eigenvalue weighted by atomic mass is 9.94. The van der Waals surface area contributed by atoms with Crippen molar-refractivity contribution in [3.8, 4) is 0 Å². The van der Waals surface area contributed by atoms with Gasteiger partial charge >= 0.3 is 5.97 Å². The number of unbranched alkanes of at least 4 members (excludes halogenated alkanes) is 18. The Hall–Kier alpha value is -1.61. The number of carbonyl (C=O) groups excluding carboxylic acids is 1. The maximum atomic E-state index is 12.4. The van der Waals surface area contributed by atoms with Gasteiger partial charge in [-0.25, -0.2) is 0 Å². The van der Waals surface area contributed by atoms with Gasteiger partial charge in [0.2, 0.25) is 0 Å². The first kappa shape index (κ1) is 46.4. The van der Waals surface area contributed by atoms with Crippen LogP contribution in [-0.4, -0.2) is 44.7 Å². The monoisotopic (exact) mass is 671 g/mol. The summed E-state index contributed by atoms with van der Waals surface area (Å²) < 4.78 is 6.71. The lowest BCUT2D eigenvalue weighted by molar-refractivity contribution is -0.870. The van der Waals surface area contributed by atoms with Crippen molar-refractivity contribution in [2.24, 2.45) is 5.92 Å². The topological polar surface area (TPSA) is 26.3 Å². The quantitative estimate of drug-likeness (QED) is 0.0287.